The summed E-state index contributed by atoms with van der Waals surface area (Å²) in [6.07, 6.45) is -10.7. The fourth-order valence-electron chi connectivity index (χ4n) is 1.32. The van der Waals surface area contributed by atoms with Crippen LogP contribution >= 0.6 is 0 Å². The summed E-state index contributed by atoms with van der Waals surface area (Å²) in [5.41, 5.74) is 0. The number of ether oxygens (including phenoxy) is 2. The molecular weight excluding hydrogens is 432 g/mol. The van der Waals surface area contributed by atoms with Crippen molar-refractivity contribution in [2.75, 3.05) is 0 Å². The molecule has 0 aliphatic rings. The summed E-state index contributed by atoms with van der Waals surface area (Å²) in [7, 11) is 0. The Morgan fingerprint density at radius 2 is 1.07 bits per heavy atom. The molecule has 140 valence electrons. The summed E-state index contributed by atoms with van der Waals surface area (Å²) in [4.78, 5) is 64.3. The van der Waals surface area contributed by atoms with Crippen LogP contribution in [0.3, 0.4) is 0 Å². The molecule has 27 heavy (non-hydrogen) atoms. The van der Waals surface area contributed by atoms with Crippen molar-refractivity contribution in [1.82, 2.24) is 0 Å². The van der Waals surface area contributed by atoms with Crippen LogP contribution in [0.15, 0.2) is 0 Å². The van der Waals surface area contributed by atoms with Crippen LogP contribution in [0.4, 0.5) is 0 Å². The summed E-state index contributed by atoms with van der Waals surface area (Å²) in [6.45, 7) is 0. The van der Waals surface area contributed by atoms with Crippen LogP contribution in [0.2, 0.25) is 0 Å². The van der Waals surface area contributed by atoms with Gasteiger partial charge in [0.2, 0.25) is 0 Å². The van der Waals surface area contributed by atoms with Gasteiger partial charge in [-0.25, -0.2) is 4.79 Å². The molecule has 0 aromatic rings. The fourth-order valence-corrected chi connectivity index (χ4v) is 1.32. The summed E-state index contributed by atoms with van der Waals surface area (Å²) in [6, 6.07) is 0. The molecule has 0 heterocycles. The van der Waals surface area contributed by atoms with Gasteiger partial charge in [0.05, 0.1) is 18.4 Å². The Bertz CT molecular complexity index is 576. The van der Waals surface area contributed by atoms with Crippen LogP contribution in [-0.4, -0.2) is 135 Å². The number of hydrogen-bond donors (Lipinski definition) is 1. The summed E-state index contributed by atoms with van der Waals surface area (Å²) < 4.78 is 8.23. The number of carboxylic acids is 4. The second kappa shape index (κ2) is 15.2. The molecular formula is C12H10Ca2O13. The number of rotatable bonds is 11. The number of carboxylic acid groups (broad SMARTS) is 4. The van der Waals surface area contributed by atoms with E-state index in [4.69, 9.17) is 0 Å². The zero-order chi connectivity index (χ0) is 19.7. The number of aliphatic hydroxyl groups is 1. The Kier molecular flexibility index (Phi) is 17.5. The van der Waals surface area contributed by atoms with Crippen LogP contribution in [0.5, 0.6) is 0 Å². The molecule has 0 bridgehead atoms. The van der Waals surface area contributed by atoms with Crippen molar-refractivity contribution in [3.63, 3.8) is 0 Å². The number of carbonyl (C=O) groups is 6. The summed E-state index contributed by atoms with van der Waals surface area (Å²) >= 11 is 0. The van der Waals surface area contributed by atoms with E-state index in [9.17, 15) is 54.3 Å². The maximum atomic E-state index is 11.4. The normalized spacial score (nSPS) is 12.8. The third-order valence-corrected chi connectivity index (χ3v) is 2.39. The molecule has 0 saturated heterocycles. The predicted molar refractivity (Wildman–Crippen MR) is 71.2 cm³/mol. The average Bonchev–Trinajstić information content (AvgIpc) is 2.44. The molecule has 0 aliphatic heterocycles. The molecule has 0 aromatic carbocycles. The Balaban J connectivity index is -0.00000288. The smallest absolute Gasteiger partial charge is 0.550 e. The van der Waals surface area contributed by atoms with E-state index < -0.39 is 73.4 Å². The number of aliphatic hydroxyl groups excluding tert-OH is 1. The Hall–Kier alpha value is -0.701. The third-order valence-electron chi connectivity index (χ3n) is 2.39. The maximum absolute atomic E-state index is 11.4. The third kappa shape index (κ3) is 14.0. The van der Waals surface area contributed by atoms with Crippen LogP contribution in [0, 0.1) is 0 Å². The first-order chi connectivity index (χ1) is 11.4. The van der Waals surface area contributed by atoms with Crippen molar-refractivity contribution >= 4 is 111 Å². The molecule has 0 radical (unpaired) electrons. The monoisotopic (exact) mass is 442 g/mol. The van der Waals surface area contributed by atoms with Crippen LogP contribution in [0.25, 0.3) is 0 Å². The predicted octanol–water partition coefficient (Wildman–Crippen LogP) is -8.42. The van der Waals surface area contributed by atoms with Gasteiger partial charge in [0.15, 0.2) is 6.10 Å². The molecule has 0 amide bonds. The van der Waals surface area contributed by atoms with Crippen molar-refractivity contribution in [2.45, 2.75) is 37.6 Å². The van der Waals surface area contributed by atoms with Crippen LogP contribution < -0.4 is 20.4 Å². The first-order valence-electron chi connectivity index (χ1n) is 6.33. The Labute approximate surface area is 210 Å². The molecule has 0 spiro atoms. The van der Waals surface area contributed by atoms with Gasteiger partial charge in [0, 0.05) is 24.8 Å². The minimum Gasteiger partial charge on any atom is -0.550 e. The Morgan fingerprint density at radius 1 is 0.704 bits per heavy atom. The first-order valence-corrected chi connectivity index (χ1v) is 6.33. The molecule has 0 aromatic heterocycles. The second-order valence-corrected chi connectivity index (χ2v) is 4.41. The van der Waals surface area contributed by atoms with Gasteiger partial charge in [-0.2, -0.15) is 0 Å². The molecule has 1 N–H and O–H groups in total. The largest absolute Gasteiger partial charge is 2.00 e. The van der Waals surface area contributed by atoms with Crippen LogP contribution in [-0.2, 0) is 38.2 Å². The van der Waals surface area contributed by atoms with Crippen molar-refractivity contribution in [1.29, 1.82) is 0 Å². The topological polar surface area (TPSA) is 233 Å². The molecule has 0 fully saturated rings. The molecule has 3 unspecified atom stereocenters. The van der Waals surface area contributed by atoms with E-state index in [0.717, 1.165) is 0 Å². The summed E-state index contributed by atoms with van der Waals surface area (Å²) in [5, 5.41) is 51.0. The van der Waals surface area contributed by atoms with Crippen LogP contribution in [0.1, 0.15) is 19.3 Å². The minimum absolute atomic E-state index is 0. The first kappa shape index (κ1) is 31.0. The number of esters is 2. The quantitative estimate of drug-likeness (QED) is 0.231. The van der Waals surface area contributed by atoms with Gasteiger partial charge in [-0.1, -0.05) is 0 Å². The SMILES string of the molecule is O=C([O-])CC(OC(=O)CC(O)C(=O)OC(CC(=O)[O-])C(=O)[O-])C(=O)[O-].[Ca+2].[Ca+2]. The van der Waals surface area contributed by atoms with E-state index in [2.05, 4.69) is 9.47 Å². The zero-order valence-electron chi connectivity index (χ0n) is 13.6. The van der Waals surface area contributed by atoms with Gasteiger partial charge < -0.3 is 54.2 Å². The van der Waals surface area contributed by atoms with E-state index in [1.165, 1.54) is 0 Å². The second-order valence-electron chi connectivity index (χ2n) is 4.41. The van der Waals surface area contributed by atoms with Crippen molar-refractivity contribution in [3.8, 4) is 0 Å². The molecule has 0 rings (SSSR count). The molecule has 13 nitrogen and oxygen atoms in total. The van der Waals surface area contributed by atoms with Crippen molar-refractivity contribution in [3.05, 3.63) is 0 Å². The minimum atomic E-state index is -2.36. The van der Waals surface area contributed by atoms with Gasteiger partial charge in [-0.3, -0.25) is 4.79 Å². The molecule has 3 atom stereocenters. The van der Waals surface area contributed by atoms with E-state index >= 15 is 0 Å². The van der Waals surface area contributed by atoms with E-state index in [-0.39, 0.29) is 75.5 Å². The van der Waals surface area contributed by atoms with Gasteiger partial charge in [-0.15, -0.1) is 0 Å². The average molecular weight is 442 g/mol. The standard InChI is InChI=1S/C12H14O13.2Ca/c13-4(12(23)25-6(11(21)22)3-8(16)17)1-9(18)24-5(10(19)20)2-7(14)15;;/h4-6,13H,1-3H2,(H,14,15)(H,16,17)(H,19,20)(H,21,22);;/q;2*+2/p-4. The van der Waals surface area contributed by atoms with Gasteiger partial charge in [0.1, 0.15) is 12.2 Å². The Morgan fingerprint density at radius 3 is 1.41 bits per heavy atom. The van der Waals surface area contributed by atoms with E-state index in [0.29, 0.717) is 0 Å². The molecule has 0 saturated carbocycles. The van der Waals surface area contributed by atoms with Gasteiger partial charge >= 0.3 is 87.4 Å². The van der Waals surface area contributed by atoms with Crippen molar-refractivity contribution in [2.24, 2.45) is 0 Å². The fraction of sp³-hybridized carbons (Fsp3) is 0.500. The number of aliphatic carboxylic acids is 4. The maximum Gasteiger partial charge on any atom is 2.00 e. The van der Waals surface area contributed by atoms with Crippen molar-refractivity contribution < 1.29 is 63.8 Å². The van der Waals surface area contributed by atoms with E-state index in [1.54, 1.807) is 0 Å². The number of hydrogen-bond acceptors (Lipinski definition) is 13. The van der Waals surface area contributed by atoms with Gasteiger partial charge in [0.25, 0.3) is 0 Å². The summed E-state index contributed by atoms with van der Waals surface area (Å²) in [5.74, 6) is -11.3. The molecule has 15 heteroatoms. The van der Waals surface area contributed by atoms with E-state index in [1.807, 2.05) is 0 Å². The number of carbonyl (C=O) groups excluding carboxylic acids is 6. The van der Waals surface area contributed by atoms with Gasteiger partial charge in [-0.05, 0) is 0 Å². The zero-order valence-corrected chi connectivity index (χ0v) is 18.0. The molecule has 0 aliphatic carbocycles.